The highest BCUT2D eigenvalue weighted by atomic mass is 19.1. The van der Waals surface area contributed by atoms with Gasteiger partial charge in [0.2, 0.25) is 5.95 Å². The van der Waals surface area contributed by atoms with Crippen LogP contribution in [0.15, 0.2) is 36.8 Å². The van der Waals surface area contributed by atoms with Crippen LogP contribution in [0.4, 0.5) is 10.3 Å². The van der Waals surface area contributed by atoms with Crippen molar-refractivity contribution in [2.45, 2.75) is 5.54 Å². The largest absolute Gasteiger partial charge is 0.338 e. The Morgan fingerprint density at radius 3 is 2.90 bits per heavy atom. The molecule has 21 heavy (non-hydrogen) atoms. The number of halogens is 1. The van der Waals surface area contributed by atoms with Gasteiger partial charge in [-0.25, -0.2) is 14.4 Å². The molecule has 2 aromatic heterocycles. The maximum atomic E-state index is 13.0. The van der Waals surface area contributed by atoms with Crippen molar-refractivity contribution >= 4 is 5.95 Å². The summed E-state index contributed by atoms with van der Waals surface area (Å²) < 4.78 is 13.0. The van der Waals surface area contributed by atoms with E-state index in [0.717, 1.165) is 12.2 Å². The van der Waals surface area contributed by atoms with Crippen molar-refractivity contribution < 1.29 is 9.23 Å². The standard InChI is InChI=1S/C14H14FN5O/c15-11-5-17-13(18-6-11)20-7-10-8-21-19-14(10,9-20)12-3-1-2-4-16-12/h1-6,10,19H,7-9H2. The van der Waals surface area contributed by atoms with Crippen molar-refractivity contribution in [3.8, 4) is 0 Å². The maximum Gasteiger partial charge on any atom is 0.225 e. The molecule has 0 saturated carbocycles. The van der Waals surface area contributed by atoms with Crippen LogP contribution in [0, 0.1) is 11.7 Å². The molecule has 0 radical (unpaired) electrons. The maximum absolute atomic E-state index is 13.0. The minimum atomic E-state index is -0.431. The van der Waals surface area contributed by atoms with Crippen molar-refractivity contribution in [1.29, 1.82) is 0 Å². The van der Waals surface area contributed by atoms with Crippen LogP contribution in [0.3, 0.4) is 0 Å². The number of nitrogens with zero attached hydrogens (tertiary/aromatic N) is 4. The summed E-state index contributed by atoms with van der Waals surface area (Å²) >= 11 is 0. The second-order valence-corrected chi connectivity index (χ2v) is 5.38. The minimum absolute atomic E-state index is 0.251. The molecular formula is C14H14FN5O. The number of nitrogens with one attached hydrogen (secondary N) is 1. The summed E-state index contributed by atoms with van der Waals surface area (Å²) in [6, 6.07) is 5.84. The zero-order chi connectivity index (χ0) is 14.3. The SMILES string of the molecule is Fc1cnc(N2CC3CONC3(c3ccccn3)C2)nc1. The van der Waals surface area contributed by atoms with E-state index in [1.165, 1.54) is 12.4 Å². The Kier molecular flexibility index (Phi) is 2.83. The van der Waals surface area contributed by atoms with Crippen LogP contribution in [0.1, 0.15) is 5.69 Å². The van der Waals surface area contributed by atoms with Crippen molar-refractivity contribution in [1.82, 2.24) is 20.4 Å². The second-order valence-electron chi connectivity index (χ2n) is 5.38. The van der Waals surface area contributed by atoms with Crippen LogP contribution in [0.5, 0.6) is 0 Å². The highest BCUT2D eigenvalue weighted by molar-refractivity contribution is 5.38. The van der Waals surface area contributed by atoms with E-state index >= 15 is 0 Å². The number of pyridine rings is 1. The summed E-state index contributed by atoms with van der Waals surface area (Å²) in [7, 11) is 0. The van der Waals surface area contributed by atoms with Crippen molar-refractivity contribution in [2.24, 2.45) is 5.92 Å². The molecule has 2 saturated heterocycles. The molecule has 2 aliphatic heterocycles. The molecule has 108 valence electrons. The first-order chi connectivity index (χ1) is 10.3. The van der Waals surface area contributed by atoms with Gasteiger partial charge in [0, 0.05) is 25.2 Å². The summed E-state index contributed by atoms with van der Waals surface area (Å²) in [5.41, 5.74) is 3.71. The third kappa shape index (κ3) is 1.97. The molecule has 0 aliphatic carbocycles. The smallest absolute Gasteiger partial charge is 0.225 e. The lowest BCUT2D eigenvalue weighted by Crippen LogP contribution is -2.44. The van der Waals surface area contributed by atoms with Gasteiger partial charge in [0.1, 0.15) is 5.54 Å². The zero-order valence-electron chi connectivity index (χ0n) is 11.2. The van der Waals surface area contributed by atoms with E-state index in [4.69, 9.17) is 4.84 Å². The molecule has 2 fully saturated rings. The number of hydroxylamine groups is 1. The van der Waals surface area contributed by atoms with Crippen molar-refractivity contribution in [3.63, 3.8) is 0 Å². The highest BCUT2D eigenvalue weighted by Crippen LogP contribution is 2.40. The predicted molar refractivity (Wildman–Crippen MR) is 72.7 cm³/mol. The molecule has 2 aromatic rings. The summed E-state index contributed by atoms with van der Waals surface area (Å²) in [6.07, 6.45) is 4.15. The molecule has 0 spiro atoms. The van der Waals surface area contributed by atoms with Gasteiger partial charge < -0.3 is 9.74 Å². The van der Waals surface area contributed by atoms with Gasteiger partial charge in [0.05, 0.1) is 24.7 Å². The Balaban J connectivity index is 1.67. The van der Waals surface area contributed by atoms with Gasteiger partial charge >= 0.3 is 0 Å². The second kappa shape index (κ2) is 4.71. The number of rotatable bonds is 2. The molecule has 0 aromatic carbocycles. The molecule has 4 rings (SSSR count). The lowest BCUT2D eigenvalue weighted by Gasteiger charge is -2.26. The van der Waals surface area contributed by atoms with Gasteiger partial charge in [-0.05, 0) is 12.1 Å². The molecule has 0 bridgehead atoms. The quantitative estimate of drug-likeness (QED) is 0.884. The fourth-order valence-electron chi connectivity index (χ4n) is 3.09. The molecule has 1 N–H and O–H groups in total. The fourth-order valence-corrected chi connectivity index (χ4v) is 3.09. The first-order valence-corrected chi connectivity index (χ1v) is 6.81. The minimum Gasteiger partial charge on any atom is -0.338 e. The lowest BCUT2D eigenvalue weighted by molar-refractivity contribution is 0.0605. The Morgan fingerprint density at radius 1 is 1.29 bits per heavy atom. The normalized spacial score (nSPS) is 27.9. The summed E-state index contributed by atoms with van der Waals surface area (Å²) in [4.78, 5) is 20.1. The molecular weight excluding hydrogens is 273 g/mol. The number of aromatic nitrogens is 3. The fraction of sp³-hybridized carbons (Fsp3) is 0.357. The van der Waals surface area contributed by atoms with E-state index in [1.54, 1.807) is 6.20 Å². The van der Waals surface area contributed by atoms with Crippen LogP contribution in [0.2, 0.25) is 0 Å². The average molecular weight is 287 g/mol. The first kappa shape index (κ1) is 12.6. The van der Waals surface area contributed by atoms with E-state index in [1.807, 2.05) is 23.1 Å². The van der Waals surface area contributed by atoms with Crippen LogP contribution in [-0.4, -0.2) is 34.6 Å². The average Bonchev–Trinajstić information content (AvgIpc) is 3.07. The molecule has 6 nitrogen and oxygen atoms in total. The molecule has 4 heterocycles. The Bertz CT molecular complexity index is 638. The molecule has 2 unspecified atom stereocenters. The Hall–Kier alpha value is -2.12. The monoisotopic (exact) mass is 287 g/mol. The number of hydrogen-bond acceptors (Lipinski definition) is 6. The third-order valence-corrected chi connectivity index (χ3v) is 4.13. The van der Waals surface area contributed by atoms with E-state index in [-0.39, 0.29) is 11.5 Å². The third-order valence-electron chi connectivity index (χ3n) is 4.13. The van der Waals surface area contributed by atoms with Crippen LogP contribution < -0.4 is 10.4 Å². The summed E-state index contributed by atoms with van der Waals surface area (Å²) in [6.45, 7) is 1.99. The Labute approximate surface area is 121 Å². The summed E-state index contributed by atoms with van der Waals surface area (Å²) in [5.74, 6) is 0.350. The predicted octanol–water partition coefficient (Wildman–Crippen LogP) is 0.877. The Morgan fingerprint density at radius 2 is 2.14 bits per heavy atom. The number of anilines is 1. The first-order valence-electron chi connectivity index (χ1n) is 6.81. The van der Waals surface area contributed by atoms with Crippen LogP contribution in [-0.2, 0) is 10.4 Å². The van der Waals surface area contributed by atoms with E-state index in [9.17, 15) is 4.39 Å². The van der Waals surface area contributed by atoms with Gasteiger partial charge in [0.25, 0.3) is 0 Å². The van der Waals surface area contributed by atoms with Crippen LogP contribution >= 0.6 is 0 Å². The molecule has 0 amide bonds. The van der Waals surface area contributed by atoms with Gasteiger partial charge in [0.15, 0.2) is 5.82 Å². The van der Waals surface area contributed by atoms with Crippen LogP contribution in [0.25, 0.3) is 0 Å². The molecule has 7 heteroatoms. The molecule has 2 atom stereocenters. The topological polar surface area (TPSA) is 63.2 Å². The number of fused-ring (bicyclic) bond motifs is 1. The highest BCUT2D eigenvalue weighted by Gasteiger charge is 2.53. The summed E-state index contributed by atoms with van der Waals surface area (Å²) in [5, 5.41) is 0. The van der Waals surface area contributed by atoms with Gasteiger partial charge in [-0.3, -0.25) is 4.98 Å². The number of hydrogen-bond donors (Lipinski definition) is 1. The molecule has 2 aliphatic rings. The van der Waals surface area contributed by atoms with E-state index in [0.29, 0.717) is 19.1 Å². The van der Waals surface area contributed by atoms with Crippen molar-refractivity contribution in [2.75, 3.05) is 24.6 Å². The van der Waals surface area contributed by atoms with E-state index < -0.39 is 5.82 Å². The zero-order valence-corrected chi connectivity index (χ0v) is 11.2. The lowest BCUT2D eigenvalue weighted by atomic mass is 9.86. The van der Waals surface area contributed by atoms with Crippen molar-refractivity contribution in [3.05, 3.63) is 48.3 Å². The van der Waals surface area contributed by atoms with Gasteiger partial charge in [-0.15, -0.1) is 0 Å². The van der Waals surface area contributed by atoms with Gasteiger partial charge in [-0.1, -0.05) is 6.07 Å². The van der Waals surface area contributed by atoms with E-state index in [2.05, 4.69) is 20.4 Å². The van der Waals surface area contributed by atoms with Gasteiger partial charge in [-0.2, -0.15) is 5.48 Å².